The Bertz CT molecular complexity index is 792. The third-order valence-electron chi connectivity index (χ3n) is 5.87. The number of thiophene rings is 1. The Morgan fingerprint density at radius 1 is 1.21 bits per heavy atom. The van der Waals surface area contributed by atoms with Crippen LogP contribution in [0.2, 0.25) is 0 Å². The first-order valence-electron chi connectivity index (χ1n) is 10.5. The molecule has 1 amide bonds. The number of anilines is 1. The van der Waals surface area contributed by atoms with Crippen LogP contribution in [0.4, 0.5) is 5.00 Å². The largest absolute Gasteiger partial charge is 0.378 e. The van der Waals surface area contributed by atoms with Crippen LogP contribution in [0.3, 0.4) is 0 Å². The first-order chi connectivity index (χ1) is 13.6. The average molecular weight is 399 g/mol. The smallest absolute Gasteiger partial charge is 0.264 e. The van der Waals surface area contributed by atoms with E-state index in [1.54, 1.807) is 11.3 Å². The summed E-state index contributed by atoms with van der Waals surface area (Å²) in [6.45, 7) is 8.40. The highest BCUT2D eigenvalue weighted by molar-refractivity contribution is 7.18. The molecule has 4 nitrogen and oxygen atoms in total. The topological polar surface area (TPSA) is 32.8 Å². The van der Waals surface area contributed by atoms with Gasteiger partial charge in [0.1, 0.15) is 0 Å². The molecule has 0 N–H and O–H groups in total. The van der Waals surface area contributed by atoms with Crippen molar-refractivity contribution in [3.8, 4) is 11.1 Å². The summed E-state index contributed by atoms with van der Waals surface area (Å²) < 4.78 is 5.54. The highest BCUT2D eigenvalue weighted by Crippen LogP contribution is 2.40. The van der Waals surface area contributed by atoms with E-state index in [0.29, 0.717) is 5.92 Å². The van der Waals surface area contributed by atoms with E-state index in [0.717, 1.165) is 37.7 Å². The molecule has 0 atom stereocenters. The Hall–Kier alpha value is -1.85. The zero-order valence-corrected chi connectivity index (χ0v) is 17.7. The summed E-state index contributed by atoms with van der Waals surface area (Å²) in [5, 5.41) is 1.20. The minimum atomic E-state index is 0.184. The molecular formula is C23H30N2O2S. The number of rotatable bonds is 6. The molecule has 2 fully saturated rings. The van der Waals surface area contributed by atoms with Crippen LogP contribution in [0, 0.1) is 5.92 Å². The first-order valence-corrected chi connectivity index (χ1v) is 11.3. The van der Waals surface area contributed by atoms with Crippen LogP contribution in [-0.2, 0) is 4.74 Å². The molecule has 1 saturated heterocycles. The van der Waals surface area contributed by atoms with Gasteiger partial charge < -0.3 is 14.5 Å². The number of benzene rings is 1. The third kappa shape index (κ3) is 4.11. The molecule has 5 heteroatoms. The van der Waals surface area contributed by atoms with Crippen molar-refractivity contribution in [2.45, 2.75) is 39.2 Å². The van der Waals surface area contributed by atoms with Crippen molar-refractivity contribution in [1.82, 2.24) is 4.90 Å². The molecule has 28 heavy (non-hydrogen) atoms. The normalized spacial score (nSPS) is 17.6. The van der Waals surface area contributed by atoms with Crippen molar-refractivity contribution < 1.29 is 9.53 Å². The van der Waals surface area contributed by atoms with E-state index in [1.807, 2.05) is 6.07 Å². The van der Waals surface area contributed by atoms with Crippen LogP contribution in [-0.4, -0.2) is 49.7 Å². The van der Waals surface area contributed by atoms with Gasteiger partial charge in [-0.15, -0.1) is 11.3 Å². The lowest BCUT2D eigenvalue weighted by Gasteiger charge is -2.34. The van der Waals surface area contributed by atoms with Crippen molar-refractivity contribution in [2.75, 3.05) is 37.7 Å². The lowest BCUT2D eigenvalue weighted by Crippen LogP contribution is -2.41. The maximum atomic E-state index is 13.4. The maximum absolute atomic E-state index is 13.4. The van der Waals surface area contributed by atoms with Gasteiger partial charge in [0.15, 0.2) is 0 Å². The Morgan fingerprint density at radius 3 is 2.54 bits per heavy atom. The molecular weight excluding hydrogens is 368 g/mol. The molecule has 1 aromatic carbocycles. The van der Waals surface area contributed by atoms with E-state index in [4.69, 9.17) is 4.74 Å². The summed E-state index contributed by atoms with van der Waals surface area (Å²) in [6.07, 6.45) is 3.83. The monoisotopic (exact) mass is 398 g/mol. The molecule has 2 aromatic rings. The molecule has 0 unspecified atom stereocenters. The van der Waals surface area contributed by atoms with Crippen LogP contribution in [0.15, 0.2) is 36.4 Å². The van der Waals surface area contributed by atoms with Gasteiger partial charge in [0.2, 0.25) is 0 Å². The van der Waals surface area contributed by atoms with Crippen molar-refractivity contribution >= 4 is 22.2 Å². The summed E-state index contributed by atoms with van der Waals surface area (Å²) in [5.41, 5.74) is 2.34. The van der Waals surface area contributed by atoms with E-state index >= 15 is 0 Å². The van der Waals surface area contributed by atoms with Crippen molar-refractivity contribution in [1.29, 1.82) is 0 Å². The molecule has 1 aliphatic carbocycles. The molecule has 0 spiro atoms. The number of carbonyl (C=O) groups is 1. The number of nitrogens with zero attached hydrogens (tertiary/aromatic N) is 2. The van der Waals surface area contributed by atoms with Crippen LogP contribution >= 0.6 is 11.3 Å². The number of ether oxygens (including phenoxy) is 1. The molecule has 1 aliphatic heterocycles. The second-order valence-electron chi connectivity index (χ2n) is 8.14. The Morgan fingerprint density at radius 2 is 1.93 bits per heavy atom. The molecule has 2 heterocycles. The van der Waals surface area contributed by atoms with Gasteiger partial charge in [-0.2, -0.15) is 0 Å². The van der Waals surface area contributed by atoms with E-state index in [1.165, 1.54) is 35.4 Å². The summed E-state index contributed by atoms with van der Waals surface area (Å²) in [4.78, 5) is 18.7. The van der Waals surface area contributed by atoms with Crippen LogP contribution in [0.5, 0.6) is 0 Å². The predicted molar refractivity (Wildman–Crippen MR) is 116 cm³/mol. The van der Waals surface area contributed by atoms with Gasteiger partial charge >= 0.3 is 0 Å². The van der Waals surface area contributed by atoms with Crippen molar-refractivity contribution in [2.24, 2.45) is 5.92 Å². The minimum Gasteiger partial charge on any atom is -0.378 e. The number of hydrogen-bond acceptors (Lipinski definition) is 4. The summed E-state index contributed by atoms with van der Waals surface area (Å²) >= 11 is 1.65. The predicted octanol–water partition coefficient (Wildman–Crippen LogP) is 4.90. The number of hydrogen-bond donors (Lipinski definition) is 0. The van der Waals surface area contributed by atoms with E-state index in [2.05, 4.69) is 54.0 Å². The lowest BCUT2D eigenvalue weighted by atomic mass is 9.85. The van der Waals surface area contributed by atoms with E-state index in [-0.39, 0.29) is 11.9 Å². The summed E-state index contributed by atoms with van der Waals surface area (Å²) in [5.74, 6) is 0.863. The number of carbonyl (C=O) groups excluding carboxylic acids is 1. The van der Waals surface area contributed by atoms with Crippen LogP contribution in [0.1, 0.15) is 42.8 Å². The van der Waals surface area contributed by atoms with Gasteiger partial charge in [0, 0.05) is 31.2 Å². The van der Waals surface area contributed by atoms with Crippen molar-refractivity contribution in [3.05, 3.63) is 41.3 Å². The molecule has 150 valence electrons. The fourth-order valence-electron chi connectivity index (χ4n) is 3.94. The zero-order chi connectivity index (χ0) is 19.5. The Kier molecular flexibility index (Phi) is 6.02. The molecule has 1 aromatic heterocycles. The Balaban J connectivity index is 1.66. The van der Waals surface area contributed by atoms with Crippen LogP contribution < -0.4 is 4.90 Å². The van der Waals surface area contributed by atoms with Crippen molar-refractivity contribution in [3.63, 3.8) is 0 Å². The molecule has 4 rings (SSSR count). The molecule has 2 aliphatic rings. The number of amides is 1. The standard InChI is InChI=1S/C23H30N2O2S/c1-17(2)25(16-18-7-6-8-18)22(26)21-15-20(19-9-4-3-5-10-19)23(28-21)24-11-13-27-14-12-24/h3-5,9-10,15,17-18H,6-8,11-14,16H2,1-2H3. The highest BCUT2D eigenvalue weighted by atomic mass is 32.1. The maximum Gasteiger partial charge on any atom is 0.264 e. The van der Waals surface area contributed by atoms with Gasteiger partial charge in [-0.3, -0.25) is 4.79 Å². The van der Waals surface area contributed by atoms with Gasteiger partial charge in [-0.25, -0.2) is 0 Å². The molecule has 1 saturated carbocycles. The fourth-order valence-corrected chi connectivity index (χ4v) is 5.12. The number of morpholine rings is 1. The highest BCUT2D eigenvalue weighted by Gasteiger charge is 2.29. The second-order valence-corrected chi connectivity index (χ2v) is 9.17. The van der Waals surface area contributed by atoms with Crippen LogP contribution in [0.25, 0.3) is 11.1 Å². The third-order valence-corrected chi connectivity index (χ3v) is 7.05. The zero-order valence-electron chi connectivity index (χ0n) is 16.9. The summed E-state index contributed by atoms with van der Waals surface area (Å²) in [6, 6.07) is 12.8. The van der Waals surface area contributed by atoms with Gasteiger partial charge in [-0.1, -0.05) is 36.8 Å². The van der Waals surface area contributed by atoms with Gasteiger partial charge in [0.05, 0.1) is 23.1 Å². The summed E-state index contributed by atoms with van der Waals surface area (Å²) in [7, 11) is 0. The van der Waals surface area contributed by atoms with E-state index in [9.17, 15) is 4.79 Å². The van der Waals surface area contributed by atoms with E-state index < -0.39 is 0 Å². The Labute approximate surface area is 172 Å². The van der Waals surface area contributed by atoms with Gasteiger partial charge in [-0.05, 0) is 44.2 Å². The quantitative estimate of drug-likeness (QED) is 0.694. The second kappa shape index (κ2) is 8.66. The average Bonchev–Trinajstić information content (AvgIpc) is 3.13. The lowest BCUT2D eigenvalue weighted by molar-refractivity contribution is 0.0637. The minimum absolute atomic E-state index is 0.184. The molecule has 0 bridgehead atoms. The van der Waals surface area contributed by atoms with Gasteiger partial charge in [0.25, 0.3) is 5.91 Å². The SMILES string of the molecule is CC(C)N(CC1CCC1)C(=O)c1cc(-c2ccccc2)c(N2CCOCC2)s1. The molecule has 0 radical (unpaired) electrons. The fraction of sp³-hybridized carbons (Fsp3) is 0.522. The first kappa shape index (κ1) is 19.5.